The number of nitrogens with one attached hydrogen (secondary N) is 1. The molecule has 7 nitrogen and oxygen atoms in total. The van der Waals surface area contributed by atoms with Gasteiger partial charge >= 0.3 is 6.09 Å². The summed E-state index contributed by atoms with van der Waals surface area (Å²) in [5.41, 5.74) is 11.2. The average molecular weight is 586 g/mol. The van der Waals surface area contributed by atoms with Gasteiger partial charge in [0.05, 0.1) is 4.90 Å². The summed E-state index contributed by atoms with van der Waals surface area (Å²) in [4.78, 5) is 13.0. The molecule has 0 unspecified atom stereocenters. The number of nitrogens with zero attached hydrogens (tertiary/aromatic N) is 1. The first-order valence-electron chi connectivity index (χ1n) is 13.6. The lowest BCUT2D eigenvalue weighted by molar-refractivity contribution is 0.118. The van der Waals surface area contributed by atoms with Crippen molar-refractivity contribution in [1.82, 2.24) is 9.62 Å². The van der Waals surface area contributed by atoms with E-state index in [1.807, 2.05) is 81.4 Å². The zero-order chi connectivity index (χ0) is 28.0. The Morgan fingerprint density at radius 3 is 2.08 bits per heavy atom. The summed E-state index contributed by atoms with van der Waals surface area (Å²) in [5.74, 6) is 0.154. The standard InChI is InChI=1S/C31H39N3O4S.ClH/c1-22(2)21-34(39(36,37)25-17-15-23(3)16-18-25)24(20-32)10-8-9-19-33-31(35)38-30-28-13-6-4-11-26(28)27-12-5-7-14-29(27)30;/h4-7,11-18,22,24,30H,8-10,19-21,32H2,1-3H3,(H,33,35);1H/t24-;/m0./s1. The molecule has 0 heterocycles. The lowest BCUT2D eigenvalue weighted by atomic mass is 10.1. The molecule has 40 heavy (non-hydrogen) atoms. The third-order valence-corrected chi connectivity index (χ3v) is 9.02. The maximum absolute atomic E-state index is 13.5. The van der Waals surface area contributed by atoms with Gasteiger partial charge in [0.15, 0.2) is 6.10 Å². The highest BCUT2D eigenvalue weighted by molar-refractivity contribution is 7.89. The number of aryl methyl sites for hydroxylation is 1. The van der Waals surface area contributed by atoms with E-state index < -0.39 is 22.2 Å². The summed E-state index contributed by atoms with van der Waals surface area (Å²) in [6.07, 6.45) is 1.11. The second-order valence-electron chi connectivity index (χ2n) is 10.6. The molecule has 0 bridgehead atoms. The summed E-state index contributed by atoms with van der Waals surface area (Å²) in [5, 5.41) is 2.86. The van der Waals surface area contributed by atoms with E-state index in [4.69, 9.17) is 10.5 Å². The average Bonchev–Trinajstić information content (AvgIpc) is 3.23. The number of amides is 1. The lowest BCUT2D eigenvalue weighted by Gasteiger charge is -2.31. The number of alkyl carbamates (subject to hydrolysis) is 1. The van der Waals surface area contributed by atoms with E-state index in [0.717, 1.165) is 34.2 Å². The molecule has 0 fully saturated rings. The first-order valence-corrected chi connectivity index (χ1v) is 15.1. The number of hydrogen-bond donors (Lipinski definition) is 2. The van der Waals surface area contributed by atoms with Crippen LogP contribution in [0.4, 0.5) is 4.79 Å². The Kier molecular flexibility index (Phi) is 11.2. The molecule has 0 spiro atoms. The van der Waals surface area contributed by atoms with E-state index in [-0.39, 0.29) is 35.8 Å². The minimum Gasteiger partial charge on any atom is -0.436 e. The Balaban J connectivity index is 0.00000441. The minimum absolute atomic E-state index is 0. The first-order chi connectivity index (χ1) is 18.7. The van der Waals surface area contributed by atoms with Crippen molar-refractivity contribution in [3.8, 4) is 11.1 Å². The van der Waals surface area contributed by atoms with Gasteiger partial charge in [-0.15, -0.1) is 12.4 Å². The smallest absolute Gasteiger partial charge is 0.408 e. The van der Waals surface area contributed by atoms with Crippen LogP contribution in [0.1, 0.15) is 55.9 Å². The van der Waals surface area contributed by atoms with Crippen molar-refractivity contribution in [3.05, 3.63) is 89.5 Å². The monoisotopic (exact) mass is 585 g/mol. The van der Waals surface area contributed by atoms with Gasteiger partial charge in [-0.05, 0) is 48.9 Å². The topological polar surface area (TPSA) is 102 Å². The van der Waals surface area contributed by atoms with Gasteiger partial charge in [-0.3, -0.25) is 0 Å². The highest BCUT2D eigenvalue weighted by Gasteiger charge is 2.32. The van der Waals surface area contributed by atoms with Gasteiger partial charge in [-0.25, -0.2) is 13.2 Å². The molecule has 0 aromatic heterocycles. The summed E-state index contributed by atoms with van der Waals surface area (Å²) < 4.78 is 34.4. The van der Waals surface area contributed by atoms with E-state index in [2.05, 4.69) is 5.32 Å². The fourth-order valence-corrected chi connectivity index (χ4v) is 6.94. The number of hydrogen-bond acceptors (Lipinski definition) is 5. The number of sulfonamides is 1. The number of rotatable bonds is 12. The molecular formula is C31H40ClN3O4S. The number of halogens is 1. The van der Waals surface area contributed by atoms with Crippen LogP contribution in [-0.4, -0.2) is 44.5 Å². The van der Waals surface area contributed by atoms with Crippen LogP contribution >= 0.6 is 12.4 Å². The molecular weight excluding hydrogens is 546 g/mol. The summed E-state index contributed by atoms with van der Waals surface area (Å²) in [6.45, 7) is 6.99. The molecule has 1 aliphatic rings. The highest BCUT2D eigenvalue weighted by atomic mass is 35.5. The second kappa shape index (κ2) is 14.1. The molecule has 9 heteroatoms. The predicted molar refractivity (Wildman–Crippen MR) is 162 cm³/mol. The fourth-order valence-electron chi connectivity index (χ4n) is 5.11. The van der Waals surface area contributed by atoms with Crippen molar-refractivity contribution in [2.45, 2.75) is 57.1 Å². The van der Waals surface area contributed by atoms with Crippen LogP contribution in [0.15, 0.2) is 77.7 Å². The summed E-state index contributed by atoms with van der Waals surface area (Å²) in [6, 6.07) is 22.6. The third kappa shape index (κ3) is 7.23. The van der Waals surface area contributed by atoms with Crippen LogP contribution in [0.25, 0.3) is 11.1 Å². The van der Waals surface area contributed by atoms with Gasteiger partial charge in [0.1, 0.15) is 0 Å². The molecule has 1 amide bonds. The zero-order valence-corrected chi connectivity index (χ0v) is 25.0. The van der Waals surface area contributed by atoms with Crippen molar-refractivity contribution < 1.29 is 17.9 Å². The van der Waals surface area contributed by atoms with Gasteiger partial charge in [-0.1, -0.05) is 86.5 Å². The van der Waals surface area contributed by atoms with Crippen LogP contribution in [0.3, 0.4) is 0 Å². The van der Waals surface area contributed by atoms with Crippen molar-refractivity contribution >= 4 is 28.5 Å². The Labute approximate surface area is 244 Å². The Bertz CT molecular complexity index is 1330. The largest absolute Gasteiger partial charge is 0.436 e. The van der Waals surface area contributed by atoms with E-state index in [1.165, 1.54) is 0 Å². The van der Waals surface area contributed by atoms with E-state index in [9.17, 15) is 13.2 Å². The van der Waals surface area contributed by atoms with Crippen molar-refractivity contribution in [1.29, 1.82) is 0 Å². The molecule has 216 valence electrons. The van der Waals surface area contributed by atoms with Gasteiger partial charge in [-0.2, -0.15) is 4.31 Å². The summed E-state index contributed by atoms with van der Waals surface area (Å²) >= 11 is 0. The quantitative estimate of drug-likeness (QED) is 0.252. The summed E-state index contributed by atoms with van der Waals surface area (Å²) in [7, 11) is -3.68. The van der Waals surface area contributed by atoms with Crippen molar-refractivity contribution in [2.24, 2.45) is 11.7 Å². The van der Waals surface area contributed by atoms with Crippen molar-refractivity contribution in [2.75, 3.05) is 19.6 Å². The Morgan fingerprint density at radius 2 is 1.52 bits per heavy atom. The zero-order valence-electron chi connectivity index (χ0n) is 23.4. The fraction of sp³-hybridized carbons (Fsp3) is 0.387. The molecule has 1 atom stereocenters. The van der Waals surface area contributed by atoms with Crippen molar-refractivity contribution in [3.63, 3.8) is 0 Å². The Morgan fingerprint density at radius 1 is 0.950 bits per heavy atom. The number of benzene rings is 3. The lowest BCUT2D eigenvalue weighted by Crippen LogP contribution is -2.46. The second-order valence-corrected chi connectivity index (χ2v) is 12.4. The number of fused-ring (bicyclic) bond motifs is 3. The molecule has 4 rings (SSSR count). The molecule has 0 radical (unpaired) electrons. The van der Waals surface area contributed by atoms with Gasteiger partial charge in [0.2, 0.25) is 10.0 Å². The maximum atomic E-state index is 13.5. The molecule has 3 N–H and O–H groups in total. The van der Waals surface area contributed by atoms with Crippen LogP contribution in [0.2, 0.25) is 0 Å². The molecule has 0 aliphatic heterocycles. The first kappa shape index (κ1) is 31.6. The van der Waals surface area contributed by atoms with Crippen LogP contribution < -0.4 is 11.1 Å². The molecule has 1 aliphatic carbocycles. The van der Waals surface area contributed by atoms with Crippen LogP contribution in [0.5, 0.6) is 0 Å². The SMILES string of the molecule is Cc1ccc(S(=O)(=O)N(CC(C)C)[C@H](CN)CCCCNC(=O)OC2c3ccccc3-c3ccccc32)cc1.Cl. The minimum atomic E-state index is -3.68. The molecule has 0 saturated carbocycles. The van der Waals surface area contributed by atoms with Gasteiger partial charge in [0.25, 0.3) is 0 Å². The molecule has 3 aromatic rings. The number of nitrogens with two attached hydrogens (primary N) is 1. The van der Waals surface area contributed by atoms with Gasteiger partial charge < -0.3 is 15.8 Å². The van der Waals surface area contributed by atoms with E-state index >= 15 is 0 Å². The number of carbonyl (C=O) groups excluding carboxylic acids is 1. The third-order valence-electron chi connectivity index (χ3n) is 7.09. The number of unbranched alkanes of at least 4 members (excludes halogenated alkanes) is 1. The van der Waals surface area contributed by atoms with E-state index in [1.54, 1.807) is 16.4 Å². The van der Waals surface area contributed by atoms with Gasteiger partial charge in [0, 0.05) is 36.8 Å². The normalized spacial score (nSPS) is 13.4. The van der Waals surface area contributed by atoms with E-state index in [0.29, 0.717) is 25.9 Å². The number of carbonyl (C=O) groups is 1. The predicted octanol–water partition coefficient (Wildman–Crippen LogP) is 6.06. The van der Waals surface area contributed by atoms with Crippen LogP contribution in [-0.2, 0) is 14.8 Å². The molecule has 0 saturated heterocycles. The number of ether oxygens (including phenoxy) is 1. The molecule has 3 aromatic carbocycles. The maximum Gasteiger partial charge on any atom is 0.408 e. The van der Waals surface area contributed by atoms with Crippen LogP contribution in [0, 0.1) is 12.8 Å². The highest BCUT2D eigenvalue weighted by Crippen LogP contribution is 2.45. The Hall–Kier alpha value is -2.91.